The number of piperidine rings is 1. The monoisotopic (exact) mass is 381 g/mol. The van der Waals surface area contributed by atoms with Gasteiger partial charge in [-0.25, -0.2) is 13.2 Å². The van der Waals surface area contributed by atoms with Crippen LogP contribution >= 0.6 is 0 Å². The summed E-state index contributed by atoms with van der Waals surface area (Å²) in [6.07, 6.45) is 1.11. The molecule has 2 saturated heterocycles. The molecule has 0 bridgehead atoms. The smallest absolute Gasteiger partial charge is 0.319 e. The third-order valence-corrected chi connectivity index (χ3v) is 6.87. The molecule has 2 aliphatic heterocycles. The highest BCUT2D eigenvalue weighted by Crippen LogP contribution is 2.24. The van der Waals surface area contributed by atoms with Crippen molar-refractivity contribution in [1.82, 2.24) is 10.2 Å². The molecule has 3 atom stereocenters. The highest BCUT2D eigenvalue weighted by molar-refractivity contribution is 7.91. The van der Waals surface area contributed by atoms with Crippen molar-refractivity contribution in [2.24, 2.45) is 5.92 Å². The summed E-state index contributed by atoms with van der Waals surface area (Å²) in [7, 11) is -3.15. The van der Waals surface area contributed by atoms with E-state index in [4.69, 9.17) is 0 Å². The molecule has 26 heavy (non-hydrogen) atoms. The number of hydrogen-bond acceptors (Lipinski definition) is 5. The van der Waals surface area contributed by atoms with Crippen molar-refractivity contribution in [1.29, 1.82) is 0 Å². The summed E-state index contributed by atoms with van der Waals surface area (Å²) in [4.78, 5) is 14.1. The molecule has 2 amide bonds. The summed E-state index contributed by atoms with van der Waals surface area (Å²) in [5.74, 6) is 0.140. The lowest BCUT2D eigenvalue weighted by atomic mass is 9.96. The van der Waals surface area contributed by atoms with Gasteiger partial charge in [0.05, 0.1) is 23.7 Å². The number of hydrogen-bond donors (Lipinski definition) is 3. The van der Waals surface area contributed by atoms with Crippen LogP contribution in [0.3, 0.4) is 0 Å². The number of aliphatic hydroxyl groups excluding tert-OH is 1. The summed E-state index contributed by atoms with van der Waals surface area (Å²) < 4.78 is 23.5. The van der Waals surface area contributed by atoms with Crippen LogP contribution in [0.1, 0.15) is 18.4 Å². The van der Waals surface area contributed by atoms with E-state index in [0.717, 1.165) is 30.6 Å². The number of aryl methyl sites for hydroxylation is 1. The number of carbonyl (C=O) groups excluding carboxylic acids is 1. The van der Waals surface area contributed by atoms with Crippen LogP contribution in [0.4, 0.5) is 10.5 Å². The van der Waals surface area contributed by atoms with Crippen molar-refractivity contribution in [3.05, 3.63) is 29.8 Å². The Balaban J connectivity index is 1.48. The van der Waals surface area contributed by atoms with Gasteiger partial charge in [0, 0.05) is 18.8 Å². The van der Waals surface area contributed by atoms with E-state index in [1.54, 1.807) is 0 Å². The lowest BCUT2D eigenvalue weighted by Crippen LogP contribution is -2.50. The van der Waals surface area contributed by atoms with Crippen LogP contribution < -0.4 is 10.6 Å². The molecule has 3 N–H and O–H groups in total. The number of aliphatic hydroxyl groups is 1. The number of urea groups is 1. The number of sulfone groups is 1. The zero-order chi connectivity index (χ0) is 18.7. The van der Waals surface area contributed by atoms with E-state index >= 15 is 0 Å². The third-order valence-electron chi connectivity index (χ3n) is 5.17. The van der Waals surface area contributed by atoms with Crippen LogP contribution in [0.5, 0.6) is 0 Å². The predicted molar refractivity (Wildman–Crippen MR) is 101 cm³/mol. The van der Waals surface area contributed by atoms with E-state index in [-0.39, 0.29) is 29.5 Å². The minimum Gasteiger partial charge on any atom is -0.390 e. The van der Waals surface area contributed by atoms with Gasteiger partial charge in [0.2, 0.25) is 0 Å². The van der Waals surface area contributed by atoms with Crippen LogP contribution in [-0.2, 0) is 9.84 Å². The van der Waals surface area contributed by atoms with Gasteiger partial charge in [-0.15, -0.1) is 0 Å². The van der Waals surface area contributed by atoms with Gasteiger partial charge in [0.25, 0.3) is 0 Å². The van der Waals surface area contributed by atoms with Crippen LogP contribution in [0.25, 0.3) is 0 Å². The first-order chi connectivity index (χ1) is 12.3. The SMILES string of the molecule is Cc1ccc(NC(=O)NC[C@H]2CCCN([C@@H]3CS(=O)(=O)C[C@H]3O)C2)cc1. The highest BCUT2D eigenvalue weighted by atomic mass is 32.2. The molecular weight excluding hydrogens is 354 g/mol. The lowest BCUT2D eigenvalue weighted by Gasteiger charge is -2.37. The van der Waals surface area contributed by atoms with Crippen molar-refractivity contribution in [3.63, 3.8) is 0 Å². The summed E-state index contributed by atoms with van der Waals surface area (Å²) in [5, 5.41) is 15.8. The molecule has 7 nitrogen and oxygen atoms in total. The second-order valence-electron chi connectivity index (χ2n) is 7.42. The Morgan fingerprint density at radius 1 is 1.27 bits per heavy atom. The fourth-order valence-electron chi connectivity index (χ4n) is 3.77. The maximum atomic E-state index is 12.1. The molecule has 0 unspecified atom stereocenters. The van der Waals surface area contributed by atoms with Crippen molar-refractivity contribution >= 4 is 21.6 Å². The second kappa shape index (κ2) is 7.94. The van der Waals surface area contributed by atoms with Crippen molar-refractivity contribution in [2.75, 3.05) is 36.5 Å². The largest absolute Gasteiger partial charge is 0.390 e. The summed E-state index contributed by atoms with van der Waals surface area (Å²) in [5.41, 5.74) is 1.88. The highest BCUT2D eigenvalue weighted by Gasteiger charge is 2.41. The molecular formula is C18H27N3O4S. The topological polar surface area (TPSA) is 98.7 Å². The van der Waals surface area contributed by atoms with Gasteiger partial charge in [0.15, 0.2) is 9.84 Å². The van der Waals surface area contributed by atoms with Gasteiger partial charge >= 0.3 is 6.03 Å². The van der Waals surface area contributed by atoms with Gasteiger partial charge in [-0.3, -0.25) is 4.90 Å². The fourth-order valence-corrected chi connectivity index (χ4v) is 5.61. The predicted octanol–water partition coefficient (Wildman–Crippen LogP) is 0.986. The molecule has 0 aromatic heterocycles. The van der Waals surface area contributed by atoms with Gasteiger partial charge in [-0.2, -0.15) is 0 Å². The Hall–Kier alpha value is -1.64. The Morgan fingerprint density at radius 3 is 2.65 bits per heavy atom. The van der Waals surface area contributed by atoms with E-state index in [1.165, 1.54) is 0 Å². The molecule has 0 aliphatic carbocycles. The third kappa shape index (κ3) is 4.96. The first-order valence-corrected chi connectivity index (χ1v) is 10.9. The van der Waals surface area contributed by atoms with Crippen molar-refractivity contribution in [3.8, 4) is 0 Å². The molecule has 0 saturated carbocycles. The molecule has 8 heteroatoms. The average Bonchev–Trinajstić information content (AvgIpc) is 2.88. The van der Waals surface area contributed by atoms with Gasteiger partial charge < -0.3 is 15.7 Å². The summed E-state index contributed by atoms with van der Waals surface area (Å²) >= 11 is 0. The van der Waals surface area contributed by atoms with E-state index in [1.807, 2.05) is 31.2 Å². The standard InChI is InChI=1S/C18H27N3O4S/c1-13-4-6-15(7-5-13)20-18(23)19-9-14-3-2-8-21(10-14)16-11-26(24,25)12-17(16)22/h4-7,14,16-17,22H,2-3,8-12H2,1H3,(H2,19,20,23)/t14-,16-,17-/m1/s1. The zero-order valence-corrected chi connectivity index (χ0v) is 15.8. The summed E-state index contributed by atoms with van der Waals surface area (Å²) in [6.45, 7) is 4.01. The van der Waals surface area contributed by atoms with E-state index < -0.39 is 15.9 Å². The Labute approximate surface area is 154 Å². The van der Waals surface area contributed by atoms with Crippen LogP contribution in [0.15, 0.2) is 24.3 Å². The van der Waals surface area contributed by atoms with Gasteiger partial charge in [-0.05, 0) is 44.4 Å². The second-order valence-corrected chi connectivity index (χ2v) is 9.57. The van der Waals surface area contributed by atoms with Crippen LogP contribution in [0, 0.1) is 12.8 Å². The number of nitrogens with zero attached hydrogens (tertiary/aromatic N) is 1. The van der Waals surface area contributed by atoms with Crippen molar-refractivity contribution < 1.29 is 18.3 Å². The Bertz CT molecular complexity index is 735. The Kier molecular flexibility index (Phi) is 5.84. The molecule has 2 heterocycles. The van der Waals surface area contributed by atoms with Crippen LogP contribution in [-0.4, -0.2) is 67.7 Å². The van der Waals surface area contributed by atoms with Crippen molar-refractivity contribution in [2.45, 2.75) is 31.9 Å². The maximum absolute atomic E-state index is 12.1. The molecule has 144 valence electrons. The number of benzene rings is 1. The molecule has 2 aliphatic rings. The van der Waals surface area contributed by atoms with E-state index in [9.17, 15) is 18.3 Å². The molecule has 0 spiro atoms. The number of likely N-dealkylation sites (tertiary alicyclic amines) is 1. The molecule has 0 radical (unpaired) electrons. The van der Waals surface area contributed by atoms with Gasteiger partial charge in [-0.1, -0.05) is 17.7 Å². The number of carbonyl (C=O) groups is 1. The normalized spacial score (nSPS) is 28.6. The zero-order valence-electron chi connectivity index (χ0n) is 15.0. The maximum Gasteiger partial charge on any atom is 0.319 e. The molecule has 1 aromatic carbocycles. The number of anilines is 1. The lowest BCUT2D eigenvalue weighted by molar-refractivity contribution is 0.0539. The first kappa shape index (κ1) is 19.1. The molecule has 3 rings (SSSR count). The quantitative estimate of drug-likeness (QED) is 0.722. The minimum absolute atomic E-state index is 0.0300. The number of amides is 2. The molecule has 1 aromatic rings. The minimum atomic E-state index is -3.15. The summed E-state index contributed by atoms with van der Waals surface area (Å²) in [6, 6.07) is 7.04. The van der Waals surface area contributed by atoms with E-state index in [2.05, 4.69) is 15.5 Å². The number of nitrogens with one attached hydrogen (secondary N) is 2. The fraction of sp³-hybridized carbons (Fsp3) is 0.611. The first-order valence-electron chi connectivity index (χ1n) is 9.06. The van der Waals surface area contributed by atoms with Gasteiger partial charge in [0.1, 0.15) is 0 Å². The number of rotatable bonds is 4. The molecule has 2 fully saturated rings. The Morgan fingerprint density at radius 2 is 2.00 bits per heavy atom. The average molecular weight is 381 g/mol. The van der Waals surface area contributed by atoms with E-state index in [0.29, 0.717) is 13.1 Å². The van der Waals surface area contributed by atoms with Crippen LogP contribution in [0.2, 0.25) is 0 Å².